The molecular weight excluding hydrogens is 484 g/mol. The van der Waals surface area contributed by atoms with Crippen LogP contribution in [0.5, 0.6) is 0 Å². The molecule has 2 aliphatic rings. The van der Waals surface area contributed by atoms with Crippen LogP contribution >= 0.6 is 0 Å². The number of nitrogens with one attached hydrogen (secondary N) is 2. The van der Waals surface area contributed by atoms with Crippen LogP contribution in [-0.4, -0.2) is 25.2 Å². The minimum Gasteiger partial charge on any atom is -0.449 e. The molecule has 2 amide bonds. The molecule has 3 aromatic rings. The zero-order valence-electron chi connectivity index (χ0n) is 22.9. The molecule has 0 aromatic heterocycles. The average molecular weight is 521 g/mol. The van der Waals surface area contributed by atoms with Crippen molar-refractivity contribution < 1.29 is 14.3 Å². The van der Waals surface area contributed by atoms with Crippen molar-refractivity contribution in [3.8, 4) is 11.1 Å². The second-order valence-electron chi connectivity index (χ2n) is 11.1. The van der Waals surface area contributed by atoms with Crippen molar-refractivity contribution in [2.45, 2.75) is 46.0 Å². The number of hydrogen-bond donors (Lipinski definition) is 2. The number of alkyl carbamates (subject to hydrolysis) is 1. The first-order valence-corrected chi connectivity index (χ1v) is 13.7. The third-order valence-electron chi connectivity index (χ3n) is 7.89. The molecule has 0 saturated carbocycles. The number of benzene rings is 3. The highest BCUT2D eigenvalue weighted by molar-refractivity contribution is 5.94. The molecule has 0 heterocycles. The van der Waals surface area contributed by atoms with Crippen molar-refractivity contribution in [3.05, 3.63) is 107 Å². The Labute approximate surface area is 231 Å². The van der Waals surface area contributed by atoms with Crippen LogP contribution in [0.1, 0.15) is 62.6 Å². The largest absolute Gasteiger partial charge is 0.449 e. The predicted octanol–water partition coefficient (Wildman–Crippen LogP) is 7.70. The Morgan fingerprint density at radius 1 is 0.949 bits per heavy atom. The maximum absolute atomic E-state index is 12.5. The van der Waals surface area contributed by atoms with Crippen LogP contribution in [0.4, 0.5) is 10.5 Å². The van der Waals surface area contributed by atoms with Gasteiger partial charge in [0, 0.05) is 11.6 Å². The minimum absolute atomic E-state index is 0.0218. The Balaban J connectivity index is 1.13. The third kappa shape index (κ3) is 5.98. The quantitative estimate of drug-likeness (QED) is 0.335. The first-order chi connectivity index (χ1) is 18.8. The fourth-order valence-electron chi connectivity index (χ4n) is 5.92. The summed E-state index contributed by atoms with van der Waals surface area (Å²) in [5.74, 6) is -0.330. The maximum Gasteiger partial charge on any atom is 0.407 e. The van der Waals surface area contributed by atoms with Gasteiger partial charge in [-0.1, -0.05) is 92.2 Å². The van der Waals surface area contributed by atoms with E-state index in [-0.39, 0.29) is 30.4 Å². The van der Waals surface area contributed by atoms with E-state index < -0.39 is 6.09 Å². The number of ether oxygens (including phenoxy) is 1. The van der Waals surface area contributed by atoms with Crippen LogP contribution in [0, 0.1) is 5.41 Å². The lowest BCUT2D eigenvalue weighted by Crippen LogP contribution is -2.33. The molecule has 0 unspecified atom stereocenters. The van der Waals surface area contributed by atoms with E-state index in [1.807, 2.05) is 48.5 Å². The topological polar surface area (TPSA) is 67.4 Å². The summed E-state index contributed by atoms with van der Waals surface area (Å²) < 4.78 is 5.53. The summed E-state index contributed by atoms with van der Waals surface area (Å²) in [6, 6.07) is 24.1. The van der Waals surface area contributed by atoms with Gasteiger partial charge < -0.3 is 15.4 Å². The molecule has 0 spiro atoms. The molecule has 2 aliphatic carbocycles. The van der Waals surface area contributed by atoms with Crippen molar-refractivity contribution in [2.24, 2.45) is 5.41 Å². The highest BCUT2D eigenvalue weighted by atomic mass is 16.5. The van der Waals surface area contributed by atoms with Crippen molar-refractivity contribution >= 4 is 23.8 Å². The van der Waals surface area contributed by atoms with Gasteiger partial charge in [-0.05, 0) is 77.1 Å². The molecule has 0 atom stereocenters. The zero-order valence-corrected chi connectivity index (χ0v) is 22.9. The van der Waals surface area contributed by atoms with Crippen LogP contribution in [0.2, 0.25) is 0 Å². The van der Waals surface area contributed by atoms with Gasteiger partial charge in [0.25, 0.3) is 0 Å². The summed E-state index contributed by atoms with van der Waals surface area (Å²) in [6.45, 7) is 6.87. The summed E-state index contributed by atoms with van der Waals surface area (Å²) in [6.07, 6.45) is 7.29. The zero-order chi connectivity index (χ0) is 27.4. The van der Waals surface area contributed by atoms with Crippen LogP contribution in [0.25, 0.3) is 17.2 Å². The summed E-state index contributed by atoms with van der Waals surface area (Å²) in [5.41, 5.74) is 9.37. The van der Waals surface area contributed by atoms with E-state index in [1.165, 1.54) is 35.1 Å². The van der Waals surface area contributed by atoms with Gasteiger partial charge in [-0.2, -0.15) is 0 Å². The molecule has 0 bridgehead atoms. The van der Waals surface area contributed by atoms with Crippen LogP contribution in [0.15, 0.2) is 90.0 Å². The van der Waals surface area contributed by atoms with Crippen molar-refractivity contribution in [1.82, 2.24) is 5.32 Å². The van der Waals surface area contributed by atoms with Gasteiger partial charge in [0.1, 0.15) is 13.2 Å². The number of hydrogen-bond acceptors (Lipinski definition) is 3. The second kappa shape index (κ2) is 11.3. The molecule has 5 rings (SSSR count). The number of rotatable bonds is 7. The molecule has 200 valence electrons. The first-order valence-electron chi connectivity index (χ1n) is 13.7. The monoisotopic (exact) mass is 520 g/mol. The maximum atomic E-state index is 12.5. The Kier molecular flexibility index (Phi) is 7.69. The summed E-state index contributed by atoms with van der Waals surface area (Å²) >= 11 is 0. The molecule has 3 aromatic carbocycles. The number of allylic oxidation sites excluding steroid dienone is 3. The summed E-state index contributed by atoms with van der Waals surface area (Å²) in [7, 11) is 0. The van der Waals surface area contributed by atoms with Crippen LogP contribution in [-0.2, 0) is 9.53 Å². The number of carbonyl (C=O) groups is 2. The molecular formula is C34H36N2O3. The summed E-state index contributed by atoms with van der Waals surface area (Å²) in [4.78, 5) is 25.0. The van der Waals surface area contributed by atoms with Gasteiger partial charge >= 0.3 is 6.09 Å². The first kappa shape index (κ1) is 26.5. The van der Waals surface area contributed by atoms with Crippen LogP contribution in [0.3, 0.4) is 0 Å². The lowest BCUT2D eigenvalue weighted by Gasteiger charge is -2.32. The highest BCUT2D eigenvalue weighted by Gasteiger charge is 2.29. The van der Waals surface area contributed by atoms with Gasteiger partial charge in [-0.25, -0.2) is 4.79 Å². The number of amides is 2. The number of anilines is 1. The SMILES string of the molecule is CC1=C(/C=C/c2cccc(NC(=O)CNC(=O)OCC3c4ccccc4-c4ccccc43)c2)C(C)(C)CCC1. The molecule has 5 heteroatoms. The van der Waals surface area contributed by atoms with Gasteiger partial charge in [0.2, 0.25) is 5.91 Å². The van der Waals surface area contributed by atoms with E-state index in [0.29, 0.717) is 5.69 Å². The fraction of sp³-hybridized carbons (Fsp3) is 0.294. The minimum atomic E-state index is -0.609. The number of fused-ring (bicyclic) bond motifs is 3. The fourth-order valence-corrected chi connectivity index (χ4v) is 5.92. The lowest BCUT2D eigenvalue weighted by atomic mass is 9.72. The molecule has 0 fully saturated rings. The van der Waals surface area contributed by atoms with Crippen molar-refractivity contribution in [2.75, 3.05) is 18.5 Å². The van der Waals surface area contributed by atoms with Gasteiger partial charge in [-0.15, -0.1) is 0 Å². The Morgan fingerprint density at radius 2 is 1.64 bits per heavy atom. The number of carbonyl (C=O) groups excluding carboxylic acids is 2. The van der Waals surface area contributed by atoms with E-state index in [2.05, 4.69) is 67.8 Å². The summed E-state index contributed by atoms with van der Waals surface area (Å²) in [5, 5.41) is 5.45. The smallest absolute Gasteiger partial charge is 0.407 e. The van der Waals surface area contributed by atoms with Crippen molar-refractivity contribution in [3.63, 3.8) is 0 Å². The van der Waals surface area contributed by atoms with Crippen molar-refractivity contribution in [1.29, 1.82) is 0 Å². The van der Waals surface area contributed by atoms with E-state index in [0.717, 1.165) is 23.1 Å². The molecule has 5 nitrogen and oxygen atoms in total. The highest BCUT2D eigenvalue weighted by Crippen LogP contribution is 2.44. The Hall–Kier alpha value is -4.12. The predicted molar refractivity (Wildman–Crippen MR) is 158 cm³/mol. The van der Waals surface area contributed by atoms with Gasteiger partial charge in [0.05, 0.1) is 0 Å². The van der Waals surface area contributed by atoms with Gasteiger partial charge in [0.15, 0.2) is 0 Å². The molecule has 0 aliphatic heterocycles. The van der Waals surface area contributed by atoms with E-state index in [4.69, 9.17) is 4.74 Å². The Morgan fingerprint density at radius 3 is 2.33 bits per heavy atom. The van der Waals surface area contributed by atoms with Gasteiger partial charge in [-0.3, -0.25) is 4.79 Å². The molecule has 39 heavy (non-hydrogen) atoms. The molecule has 2 N–H and O–H groups in total. The average Bonchev–Trinajstić information content (AvgIpc) is 3.24. The molecule has 0 saturated heterocycles. The standard InChI is InChI=1S/C34H36N2O3/c1-23-10-9-19-34(2,3)31(23)18-17-24-11-8-12-25(20-24)36-32(37)21-35-33(38)39-22-30-28-15-6-4-13-26(28)27-14-5-7-16-29(27)30/h4-8,11-18,20,30H,9-10,19,21-22H2,1-3H3,(H,35,38)(H,36,37)/b18-17+. The van der Waals surface area contributed by atoms with E-state index in [9.17, 15) is 9.59 Å². The normalized spacial score (nSPS) is 16.1. The third-order valence-corrected chi connectivity index (χ3v) is 7.89. The lowest BCUT2D eigenvalue weighted by molar-refractivity contribution is -0.115. The Bertz CT molecular complexity index is 1400. The van der Waals surface area contributed by atoms with E-state index >= 15 is 0 Å². The molecule has 0 radical (unpaired) electrons. The second-order valence-corrected chi connectivity index (χ2v) is 11.1. The van der Waals surface area contributed by atoms with Crippen LogP contribution < -0.4 is 10.6 Å². The van der Waals surface area contributed by atoms with E-state index in [1.54, 1.807) is 0 Å².